The zero-order valence-corrected chi connectivity index (χ0v) is 14.1. The number of fused-ring (bicyclic) bond motifs is 1. The molecule has 0 atom stereocenters. The molecule has 0 spiro atoms. The van der Waals surface area contributed by atoms with E-state index in [-0.39, 0.29) is 11.8 Å². The zero-order chi connectivity index (χ0) is 17.4. The Morgan fingerprint density at radius 1 is 1.32 bits per heavy atom. The number of aromatic nitrogens is 5. The number of nitrogens with zero attached hydrogens (tertiary/aromatic N) is 6. The maximum atomic E-state index is 12.4. The molecule has 1 N–H and O–H groups in total. The highest BCUT2D eigenvalue weighted by atomic mass is 16.5. The molecule has 1 fully saturated rings. The van der Waals surface area contributed by atoms with Gasteiger partial charge in [0.2, 0.25) is 5.91 Å². The number of carbonyl (C=O) groups excluding carboxylic acids is 1. The zero-order valence-electron chi connectivity index (χ0n) is 14.1. The van der Waals surface area contributed by atoms with E-state index < -0.39 is 0 Å². The highest BCUT2D eigenvalue weighted by Gasteiger charge is 2.27. The van der Waals surface area contributed by atoms with Crippen LogP contribution in [-0.2, 0) is 11.8 Å². The normalized spacial score (nSPS) is 15.7. The van der Waals surface area contributed by atoms with Gasteiger partial charge < -0.3 is 14.7 Å². The lowest BCUT2D eigenvalue weighted by Gasteiger charge is -2.32. The van der Waals surface area contributed by atoms with Crippen LogP contribution in [0.3, 0.4) is 0 Å². The molecule has 1 amide bonds. The van der Waals surface area contributed by atoms with Crippen molar-refractivity contribution in [2.45, 2.75) is 19.8 Å². The van der Waals surface area contributed by atoms with Gasteiger partial charge in [0, 0.05) is 32.1 Å². The summed E-state index contributed by atoms with van der Waals surface area (Å²) >= 11 is 0. The van der Waals surface area contributed by atoms with Crippen molar-refractivity contribution in [3.05, 3.63) is 24.4 Å². The molecule has 1 aliphatic rings. The highest BCUT2D eigenvalue weighted by Crippen LogP contribution is 2.27. The van der Waals surface area contributed by atoms with Gasteiger partial charge in [0.25, 0.3) is 0 Å². The van der Waals surface area contributed by atoms with Crippen LogP contribution >= 0.6 is 0 Å². The first kappa shape index (κ1) is 15.6. The summed E-state index contributed by atoms with van der Waals surface area (Å²) in [5, 5.41) is 11.8. The number of hydrogen-bond acceptors (Lipinski definition) is 7. The van der Waals surface area contributed by atoms with Gasteiger partial charge in [0.1, 0.15) is 17.9 Å². The van der Waals surface area contributed by atoms with E-state index in [4.69, 9.17) is 4.52 Å². The van der Waals surface area contributed by atoms with Crippen molar-refractivity contribution in [2.24, 2.45) is 13.0 Å². The van der Waals surface area contributed by atoms with Crippen LogP contribution in [0.15, 0.2) is 23.1 Å². The number of carbonyl (C=O) groups is 1. The molecule has 0 saturated carbocycles. The van der Waals surface area contributed by atoms with Crippen molar-refractivity contribution < 1.29 is 9.32 Å². The van der Waals surface area contributed by atoms with E-state index in [0.717, 1.165) is 42.8 Å². The molecule has 9 nitrogen and oxygen atoms in total. The van der Waals surface area contributed by atoms with Gasteiger partial charge in [-0.05, 0) is 19.8 Å². The molecule has 1 aliphatic heterocycles. The van der Waals surface area contributed by atoms with Crippen molar-refractivity contribution in [2.75, 3.05) is 23.3 Å². The molecule has 0 unspecified atom stereocenters. The summed E-state index contributed by atoms with van der Waals surface area (Å²) in [5.41, 5.74) is 0.811. The Morgan fingerprint density at radius 3 is 2.84 bits per heavy atom. The standard InChI is InChI=1S/C16H19N7O2/c1-10-7-13(21-25-10)20-16(24)11-3-5-23(6-4-11)15-12-8-19-22(2)14(12)17-9-18-15/h7-9,11H,3-6H2,1-2H3,(H,20,21,24). The van der Waals surface area contributed by atoms with E-state index in [2.05, 4.69) is 30.4 Å². The smallest absolute Gasteiger partial charge is 0.228 e. The summed E-state index contributed by atoms with van der Waals surface area (Å²) in [5.74, 6) is 1.97. The number of aryl methyl sites for hydroxylation is 2. The fourth-order valence-corrected chi connectivity index (χ4v) is 3.21. The Morgan fingerprint density at radius 2 is 2.12 bits per heavy atom. The van der Waals surface area contributed by atoms with Gasteiger partial charge in [-0.1, -0.05) is 5.16 Å². The van der Waals surface area contributed by atoms with Gasteiger partial charge in [0.05, 0.1) is 11.6 Å². The molecule has 3 aromatic rings. The summed E-state index contributed by atoms with van der Waals surface area (Å²) in [7, 11) is 1.86. The SMILES string of the molecule is Cc1cc(NC(=O)C2CCN(c3ncnc4c3cnn4C)CC2)no1. The van der Waals surface area contributed by atoms with Crippen LogP contribution in [0.1, 0.15) is 18.6 Å². The predicted molar refractivity (Wildman–Crippen MR) is 91.1 cm³/mol. The van der Waals surface area contributed by atoms with Crippen molar-refractivity contribution >= 4 is 28.6 Å². The number of amides is 1. The molecule has 0 aromatic carbocycles. The summed E-state index contributed by atoms with van der Waals surface area (Å²) in [6, 6.07) is 1.72. The molecule has 0 radical (unpaired) electrons. The van der Waals surface area contributed by atoms with Gasteiger partial charge >= 0.3 is 0 Å². The van der Waals surface area contributed by atoms with E-state index in [9.17, 15) is 4.79 Å². The summed E-state index contributed by atoms with van der Waals surface area (Å²) in [6.07, 6.45) is 4.87. The largest absolute Gasteiger partial charge is 0.360 e. The third kappa shape index (κ3) is 2.92. The minimum Gasteiger partial charge on any atom is -0.360 e. The van der Waals surface area contributed by atoms with Crippen molar-refractivity contribution in [1.29, 1.82) is 0 Å². The van der Waals surface area contributed by atoms with E-state index in [1.807, 2.05) is 7.05 Å². The van der Waals surface area contributed by atoms with E-state index >= 15 is 0 Å². The fraction of sp³-hybridized carbons (Fsp3) is 0.438. The summed E-state index contributed by atoms with van der Waals surface area (Å²) in [4.78, 5) is 23.3. The minimum absolute atomic E-state index is 0.0119. The first-order chi connectivity index (χ1) is 12.1. The lowest BCUT2D eigenvalue weighted by Crippen LogP contribution is -2.38. The molecular formula is C16H19N7O2. The Bertz CT molecular complexity index is 908. The molecular weight excluding hydrogens is 322 g/mol. The average molecular weight is 341 g/mol. The van der Waals surface area contributed by atoms with Gasteiger partial charge in [-0.2, -0.15) is 5.10 Å². The molecule has 9 heteroatoms. The van der Waals surface area contributed by atoms with Crippen LogP contribution < -0.4 is 10.2 Å². The first-order valence-electron chi connectivity index (χ1n) is 8.23. The molecule has 130 valence electrons. The van der Waals surface area contributed by atoms with Gasteiger partial charge in [-0.15, -0.1) is 0 Å². The van der Waals surface area contributed by atoms with E-state index in [1.54, 1.807) is 30.2 Å². The molecule has 25 heavy (non-hydrogen) atoms. The van der Waals surface area contributed by atoms with Gasteiger partial charge in [-0.3, -0.25) is 9.48 Å². The van der Waals surface area contributed by atoms with Crippen molar-refractivity contribution in [1.82, 2.24) is 24.9 Å². The quantitative estimate of drug-likeness (QED) is 0.770. The van der Waals surface area contributed by atoms with Crippen LogP contribution in [0.4, 0.5) is 11.6 Å². The number of piperidine rings is 1. The van der Waals surface area contributed by atoms with Crippen LogP contribution in [0, 0.1) is 12.8 Å². The molecule has 0 bridgehead atoms. The fourth-order valence-electron chi connectivity index (χ4n) is 3.21. The van der Waals surface area contributed by atoms with Gasteiger partial charge in [0.15, 0.2) is 11.5 Å². The average Bonchev–Trinajstić information content (AvgIpc) is 3.21. The van der Waals surface area contributed by atoms with Crippen molar-refractivity contribution in [3.63, 3.8) is 0 Å². The molecule has 1 saturated heterocycles. The molecule has 3 aromatic heterocycles. The highest BCUT2D eigenvalue weighted by molar-refractivity contribution is 5.92. The second-order valence-corrected chi connectivity index (χ2v) is 6.28. The summed E-state index contributed by atoms with van der Waals surface area (Å²) in [6.45, 7) is 3.32. The second kappa shape index (κ2) is 6.15. The van der Waals surface area contributed by atoms with E-state index in [1.165, 1.54) is 0 Å². The number of hydrogen-bond donors (Lipinski definition) is 1. The number of nitrogens with one attached hydrogen (secondary N) is 1. The maximum Gasteiger partial charge on any atom is 0.228 e. The Labute approximate surface area is 144 Å². The lowest BCUT2D eigenvalue weighted by atomic mass is 9.96. The second-order valence-electron chi connectivity index (χ2n) is 6.28. The van der Waals surface area contributed by atoms with Crippen LogP contribution in [0.25, 0.3) is 11.0 Å². The first-order valence-corrected chi connectivity index (χ1v) is 8.23. The van der Waals surface area contributed by atoms with Crippen LogP contribution in [0.5, 0.6) is 0 Å². The Hall–Kier alpha value is -2.97. The minimum atomic E-state index is -0.0421. The summed E-state index contributed by atoms with van der Waals surface area (Å²) < 4.78 is 6.71. The maximum absolute atomic E-state index is 12.4. The van der Waals surface area contributed by atoms with Crippen LogP contribution in [-0.4, -0.2) is 43.9 Å². The Balaban J connectivity index is 1.43. The number of rotatable bonds is 3. The lowest BCUT2D eigenvalue weighted by molar-refractivity contribution is -0.120. The van der Waals surface area contributed by atoms with Gasteiger partial charge in [-0.25, -0.2) is 9.97 Å². The predicted octanol–water partition coefficient (Wildman–Crippen LogP) is 1.51. The molecule has 0 aliphatic carbocycles. The third-order valence-electron chi connectivity index (χ3n) is 4.55. The van der Waals surface area contributed by atoms with Crippen LogP contribution in [0.2, 0.25) is 0 Å². The molecule has 4 heterocycles. The molecule has 4 rings (SSSR count). The monoisotopic (exact) mass is 341 g/mol. The van der Waals surface area contributed by atoms with Crippen molar-refractivity contribution in [3.8, 4) is 0 Å². The number of anilines is 2. The Kier molecular flexibility index (Phi) is 3.83. The topological polar surface area (TPSA) is 102 Å². The third-order valence-corrected chi connectivity index (χ3v) is 4.55. The van der Waals surface area contributed by atoms with E-state index in [0.29, 0.717) is 11.6 Å².